The Balaban J connectivity index is 1.77. The van der Waals surface area contributed by atoms with Crippen LogP contribution in [0.4, 0.5) is 4.39 Å². The first-order valence-corrected chi connectivity index (χ1v) is 6.42. The summed E-state index contributed by atoms with van der Waals surface area (Å²) in [6, 6.07) is 6.76. The second-order valence-electron chi connectivity index (χ2n) is 4.91. The quantitative estimate of drug-likeness (QED) is 0.933. The minimum absolute atomic E-state index is 0.0473. The van der Waals surface area contributed by atoms with Crippen molar-refractivity contribution in [1.82, 2.24) is 4.57 Å². The molecule has 0 bridgehead atoms. The van der Waals surface area contributed by atoms with E-state index in [1.54, 1.807) is 6.07 Å². The summed E-state index contributed by atoms with van der Waals surface area (Å²) in [6.45, 7) is 0.287. The highest BCUT2D eigenvalue weighted by Crippen LogP contribution is 2.29. The van der Waals surface area contributed by atoms with Gasteiger partial charge in [-0.15, -0.1) is 0 Å². The van der Waals surface area contributed by atoms with Gasteiger partial charge in [0.1, 0.15) is 17.7 Å². The third-order valence-electron chi connectivity index (χ3n) is 3.41. The first-order chi connectivity index (χ1) is 10.0. The molecule has 1 aliphatic heterocycles. The van der Waals surface area contributed by atoms with E-state index in [0.29, 0.717) is 12.2 Å². The summed E-state index contributed by atoms with van der Waals surface area (Å²) < 4.78 is 20.2. The molecule has 1 aliphatic rings. The van der Waals surface area contributed by atoms with E-state index in [0.717, 1.165) is 11.6 Å². The number of hydrogen-bond donors (Lipinski definition) is 1. The molecule has 1 aromatic heterocycles. The summed E-state index contributed by atoms with van der Waals surface area (Å²) in [4.78, 5) is 22.6. The van der Waals surface area contributed by atoms with Crippen LogP contribution in [0.1, 0.15) is 15.9 Å². The average molecular weight is 289 g/mol. The molecule has 6 heteroatoms. The predicted molar refractivity (Wildman–Crippen MR) is 72.2 cm³/mol. The number of carboxylic acid groups (broad SMARTS) is 1. The van der Waals surface area contributed by atoms with E-state index in [-0.39, 0.29) is 24.0 Å². The number of carbonyl (C=O) groups is 1. The van der Waals surface area contributed by atoms with Crippen molar-refractivity contribution in [2.24, 2.45) is 0 Å². The molecule has 21 heavy (non-hydrogen) atoms. The highest BCUT2D eigenvalue weighted by Gasteiger charge is 2.24. The van der Waals surface area contributed by atoms with E-state index in [2.05, 4.69) is 0 Å². The van der Waals surface area contributed by atoms with Crippen LogP contribution in [0, 0.1) is 5.82 Å². The highest BCUT2D eigenvalue weighted by molar-refractivity contribution is 5.87. The van der Waals surface area contributed by atoms with Crippen LogP contribution >= 0.6 is 0 Å². The van der Waals surface area contributed by atoms with Crippen LogP contribution in [0.2, 0.25) is 0 Å². The highest BCUT2D eigenvalue weighted by atomic mass is 19.1. The number of aromatic carboxylic acids is 1. The van der Waals surface area contributed by atoms with Gasteiger partial charge in [-0.2, -0.15) is 0 Å². The number of ether oxygens (including phenoxy) is 1. The van der Waals surface area contributed by atoms with E-state index in [9.17, 15) is 14.0 Å². The van der Waals surface area contributed by atoms with Crippen LogP contribution in [-0.4, -0.2) is 21.7 Å². The zero-order valence-electron chi connectivity index (χ0n) is 11.0. The zero-order valence-corrected chi connectivity index (χ0v) is 11.0. The van der Waals surface area contributed by atoms with Crippen molar-refractivity contribution in [1.29, 1.82) is 0 Å². The maximum Gasteiger partial charge on any atom is 0.335 e. The Morgan fingerprint density at radius 2 is 2.19 bits per heavy atom. The summed E-state index contributed by atoms with van der Waals surface area (Å²) in [6.07, 6.45) is 1.68. The van der Waals surface area contributed by atoms with Gasteiger partial charge < -0.3 is 14.4 Å². The number of halogens is 1. The molecule has 0 radical (unpaired) electrons. The van der Waals surface area contributed by atoms with Crippen molar-refractivity contribution in [2.75, 3.05) is 0 Å². The van der Waals surface area contributed by atoms with E-state index in [1.807, 2.05) is 0 Å². The Hall–Kier alpha value is -2.63. The molecular weight excluding hydrogens is 277 g/mol. The Kier molecular flexibility index (Phi) is 3.21. The van der Waals surface area contributed by atoms with Crippen LogP contribution in [-0.2, 0) is 13.0 Å². The van der Waals surface area contributed by atoms with Gasteiger partial charge in [0.05, 0.1) is 12.1 Å². The van der Waals surface area contributed by atoms with Gasteiger partial charge in [-0.05, 0) is 24.3 Å². The van der Waals surface area contributed by atoms with Gasteiger partial charge in [0.25, 0.3) is 5.56 Å². The molecule has 0 saturated heterocycles. The third-order valence-corrected chi connectivity index (χ3v) is 3.41. The molecule has 1 aromatic carbocycles. The third kappa shape index (κ3) is 2.65. The maximum absolute atomic E-state index is 13.1. The van der Waals surface area contributed by atoms with Crippen molar-refractivity contribution >= 4 is 5.97 Å². The van der Waals surface area contributed by atoms with Gasteiger partial charge in [0.15, 0.2) is 0 Å². The molecule has 3 rings (SSSR count). The monoisotopic (exact) mass is 289 g/mol. The Morgan fingerprint density at radius 1 is 1.38 bits per heavy atom. The lowest BCUT2D eigenvalue weighted by Crippen LogP contribution is -2.28. The number of fused-ring (bicyclic) bond motifs is 1. The van der Waals surface area contributed by atoms with Crippen molar-refractivity contribution in [3.63, 3.8) is 0 Å². The maximum atomic E-state index is 13.1. The number of pyridine rings is 1. The first kappa shape index (κ1) is 13.4. The van der Waals surface area contributed by atoms with Gasteiger partial charge in [0.2, 0.25) is 0 Å². The molecular formula is C15H12FNO4. The van der Waals surface area contributed by atoms with E-state index in [1.165, 1.54) is 29.0 Å². The summed E-state index contributed by atoms with van der Waals surface area (Å²) in [5, 5.41) is 8.82. The number of carboxylic acids is 1. The van der Waals surface area contributed by atoms with Crippen LogP contribution in [0.25, 0.3) is 0 Å². The van der Waals surface area contributed by atoms with E-state index >= 15 is 0 Å². The van der Waals surface area contributed by atoms with Crippen molar-refractivity contribution in [3.8, 4) is 5.75 Å². The summed E-state index contributed by atoms with van der Waals surface area (Å²) >= 11 is 0. The second kappa shape index (κ2) is 5.05. The molecule has 1 N–H and O–H groups in total. The SMILES string of the molecule is O=C(O)c1ccn(CC2Cc3cc(F)ccc3O2)c(=O)c1. The fourth-order valence-electron chi connectivity index (χ4n) is 2.40. The van der Waals surface area contributed by atoms with Crippen LogP contribution in [0.5, 0.6) is 5.75 Å². The standard InChI is InChI=1S/C15H12FNO4/c16-11-1-2-13-10(5-11)6-12(21-13)8-17-4-3-9(15(19)20)7-14(17)18/h1-5,7,12H,6,8H2,(H,19,20). The summed E-state index contributed by atoms with van der Waals surface area (Å²) in [7, 11) is 0. The smallest absolute Gasteiger partial charge is 0.335 e. The predicted octanol–water partition coefficient (Wildman–Crippen LogP) is 1.69. The van der Waals surface area contributed by atoms with E-state index < -0.39 is 11.5 Å². The average Bonchev–Trinajstić information content (AvgIpc) is 2.82. The lowest BCUT2D eigenvalue weighted by Gasteiger charge is -2.12. The van der Waals surface area contributed by atoms with Crippen molar-refractivity contribution < 1.29 is 19.0 Å². The molecule has 0 spiro atoms. The molecule has 0 amide bonds. The second-order valence-corrected chi connectivity index (χ2v) is 4.91. The lowest BCUT2D eigenvalue weighted by molar-refractivity contribution is 0.0696. The molecule has 1 atom stereocenters. The fraction of sp³-hybridized carbons (Fsp3) is 0.200. The van der Waals surface area contributed by atoms with Gasteiger partial charge in [-0.3, -0.25) is 4.79 Å². The van der Waals surface area contributed by atoms with Gasteiger partial charge in [-0.25, -0.2) is 9.18 Å². The normalized spacial score (nSPS) is 16.3. The molecule has 0 fully saturated rings. The molecule has 2 aromatic rings. The fourth-order valence-corrected chi connectivity index (χ4v) is 2.40. The molecule has 0 aliphatic carbocycles. The van der Waals surface area contributed by atoms with Crippen molar-refractivity contribution in [3.05, 3.63) is 63.8 Å². The van der Waals surface area contributed by atoms with Crippen LogP contribution in [0.15, 0.2) is 41.3 Å². The number of aromatic nitrogens is 1. The summed E-state index contributed by atoms with van der Waals surface area (Å²) in [5.74, 6) is -0.836. The number of hydrogen-bond acceptors (Lipinski definition) is 3. The van der Waals surface area contributed by atoms with Crippen molar-refractivity contribution in [2.45, 2.75) is 19.1 Å². The Bertz CT molecular complexity index is 769. The molecule has 108 valence electrons. The Labute approximate surface area is 119 Å². The topological polar surface area (TPSA) is 68.5 Å². The van der Waals surface area contributed by atoms with Crippen LogP contribution in [0.3, 0.4) is 0 Å². The Morgan fingerprint density at radius 3 is 2.90 bits per heavy atom. The molecule has 1 unspecified atom stereocenters. The molecule has 0 saturated carbocycles. The molecule has 5 nitrogen and oxygen atoms in total. The summed E-state index contributed by atoms with van der Waals surface area (Å²) in [5.41, 5.74) is 0.324. The zero-order chi connectivity index (χ0) is 15.0. The minimum atomic E-state index is -1.14. The largest absolute Gasteiger partial charge is 0.488 e. The number of benzene rings is 1. The number of nitrogens with zero attached hydrogens (tertiary/aromatic N) is 1. The minimum Gasteiger partial charge on any atom is -0.488 e. The van der Waals surface area contributed by atoms with E-state index in [4.69, 9.17) is 9.84 Å². The van der Waals surface area contributed by atoms with Gasteiger partial charge in [-0.1, -0.05) is 0 Å². The first-order valence-electron chi connectivity index (χ1n) is 6.42. The molecule has 2 heterocycles. The lowest BCUT2D eigenvalue weighted by atomic mass is 10.1. The number of rotatable bonds is 3. The van der Waals surface area contributed by atoms with Gasteiger partial charge in [0, 0.05) is 24.2 Å². The van der Waals surface area contributed by atoms with Gasteiger partial charge >= 0.3 is 5.97 Å². The van der Waals surface area contributed by atoms with Crippen LogP contribution < -0.4 is 10.3 Å².